The monoisotopic (exact) mass is 607 g/mol. The van der Waals surface area contributed by atoms with Crippen molar-refractivity contribution >= 4 is 17.1 Å². The lowest BCUT2D eigenvalue weighted by molar-refractivity contribution is 0.729. The first kappa shape index (κ1) is 28.4. The Bertz CT molecular complexity index is 2090. The number of rotatable bonds is 7. The lowest BCUT2D eigenvalue weighted by atomic mass is 9.98. The van der Waals surface area contributed by atoms with Gasteiger partial charge in [-0.15, -0.1) is 0 Å². The average Bonchev–Trinajstić information content (AvgIpc) is 3.54. The molecule has 0 fully saturated rings. The van der Waals surface area contributed by atoms with Crippen LogP contribution in [0.15, 0.2) is 158 Å². The Morgan fingerprint density at radius 2 is 0.872 bits per heavy atom. The summed E-state index contributed by atoms with van der Waals surface area (Å²) in [7, 11) is 0. The average molecular weight is 608 g/mol. The van der Waals surface area contributed by atoms with E-state index in [0.29, 0.717) is 17.5 Å². The topological polar surface area (TPSA) is 53.9 Å². The zero-order chi connectivity index (χ0) is 31.6. The number of anilines is 3. The highest BCUT2D eigenvalue weighted by atomic mass is 15.3. The van der Waals surface area contributed by atoms with Crippen LogP contribution in [0.4, 0.5) is 17.1 Å². The number of aromatic nitrogens is 3. The van der Waals surface area contributed by atoms with Crippen molar-refractivity contribution in [1.29, 1.82) is 0 Å². The summed E-state index contributed by atoms with van der Waals surface area (Å²) >= 11 is 0. The summed E-state index contributed by atoms with van der Waals surface area (Å²) in [4.78, 5) is 17.0. The molecule has 1 aromatic heterocycles. The summed E-state index contributed by atoms with van der Waals surface area (Å²) in [5, 5.41) is 3.69. The Morgan fingerprint density at radius 1 is 0.447 bits per heavy atom. The third-order valence-corrected chi connectivity index (χ3v) is 8.72. The predicted molar refractivity (Wildman–Crippen MR) is 193 cm³/mol. The molecule has 226 valence electrons. The van der Waals surface area contributed by atoms with Gasteiger partial charge >= 0.3 is 0 Å². The lowest BCUT2D eigenvalue weighted by Crippen LogP contribution is -2.31. The SMILES string of the molecule is CCC1Nc2ccccc2N1c1ccccc1-c1ccc(-c2ccc(-c3nc(-c4ccccc4)nc(-c4ccccc4)n3)cc2)cc1. The Labute approximate surface area is 275 Å². The van der Waals surface area contributed by atoms with Gasteiger partial charge in [0.2, 0.25) is 0 Å². The van der Waals surface area contributed by atoms with Gasteiger partial charge in [-0.2, -0.15) is 0 Å². The van der Waals surface area contributed by atoms with Gasteiger partial charge in [0.05, 0.1) is 17.1 Å². The molecule has 47 heavy (non-hydrogen) atoms. The van der Waals surface area contributed by atoms with Gasteiger partial charge in [-0.1, -0.05) is 146 Å². The van der Waals surface area contributed by atoms with Gasteiger partial charge < -0.3 is 10.2 Å². The number of fused-ring (bicyclic) bond motifs is 1. The first-order valence-corrected chi connectivity index (χ1v) is 16.1. The summed E-state index contributed by atoms with van der Waals surface area (Å²) in [6, 6.07) is 54.7. The number of hydrogen-bond acceptors (Lipinski definition) is 5. The summed E-state index contributed by atoms with van der Waals surface area (Å²) in [5.41, 5.74) is 11.2. The second-order valence-electron chi connectivity index (χ2n) is 11.7. The number of para-hydroxylation sites is 3. The van der Waals surface area contributed by atoms with Crippen LogP contribution in [0.3, 0.4) is 0 Å². The zero-order valence-electron chi connectivity index (χ0n) is 26.1. The van der Waals surface area contributed by atoms with Crippen LogP contribution in [-0.2, 0) is 0 Å². The molecule has 0 saturated heterocycles. The van der Waals surface area contributed by atoms with E-state index in [4.69, 9.17) is 15.0 Å². The van der Waals surface area contributed by atoms with Crippen LogP contribution < -0.4 is 10.2 Å². The molecule has 2 heterocycles. The van der Waals surface area contributed by atoms with Crippen LogP contribution in [0.1, 0.15) is 13.3 Å². The highest BCUT2D eigenvalue weighted by Gasteiger charge is 2.29. The van der Waals surface area contributed by atoms with Crippen molar-refractivity contribution in [3.05, 3.63) is 158 Å². The van der Waals surface area contributed by atoms with Crippen LogP contribution in [-0.4, -0.2) is 21.1 Å². The van der Waals surface area contributed by atoms with Gasteiger partial charge in [0.25, 0.3) is 0 Å². The van der Waals surface area contributed by atoms with Crippen LogP contribution in [0.2, 0.25) is 0 Å². The van der Waals surface area contributed by atoms with Gasteiger partial charge in [-0.05, 0) is 41.3 Å². The summed E-state index contributed by atoms with van der Waals surface area (Å²) < 4.78 is 0. The molecular formula is C42H33N5. The summed E-state index contributed by atoms with van der Waals surface area (Å²) in [6.45, 7) is 2.23. The van der Waals surface area contributed by atoms with Crippen LogP contribution in [0.25, 0.3) is 56.4 Å². The van der Waals surface area contributed by atoms with Crippen molar-refractivity contribution in [2.75, 3.05) is 10.2 Å². The first-order valence-electron chi connectivity index (χ1n) is 16.1. The first-order chi connectivity index (χ1) is 23.2. The van der Waals surface area contributed by atoms with Crippen molar-refractivity contribution in [3.63, 3.8) is 0 Å². The molecule has 0 saturated carbocycles. The van der Waals surface area contributed by atoms with Crippen molar-refractivity contribution in [3.8, 4) is 56.4 Å². The normalized spacial score (nSPS) is 13.6. The van der Waals surface area contributed by atoms with Crippen molar-refractivity contribution in [1.82, 2.24) is 15.0 Å². The van der Waals surface area contributed by atoms with Crippen LogP contribution in [0, 0.1) is 0 Å². The molecule has 1 aliphatic heterocycles. The molecule has 0 radical (unpaired) electrons. The maximum atomic E-state index is 4.88. The highest BCUT2D eigenvalue weighted by Crippen LogP contribution is 2.44. The van der Waals surface area contributed by atoms with E-state index >= 15 is 0 Å². The highest BCUT2D eigenvalue weighted by molar-refractivity contribution is 5.90. The van der Waals surface area contributed by atoms with Crippen molar-refractivity contribution in [2.45, 2.75) is 19.5 Å². The van der Waals surface area contributed by atoms with Gasteiger partial charge in [-0.3, -0.25) is 0 Å². The number of hydrogen-bond donors (Lipinski definition) is 1. The molecule has 0 spiro atoms. The number of nitrogens with zero attached hydrogens (tertiary/aromatic N) is 4. The van der Waals surface area contributed by atoms with E-state index in [0.717, 1.165) is 34.2 Å². The largest absolute Gasteiger partial charge is 0.363 e. The maximum absolute atomic E-state index is 4.88. The zero-order valence-corrected chi connectivity index (χ0v) is 26.1. The minimum absolute atomic E-state index is 0.211. The van der Waals surface area contributed by atoms with Crippen LogP contribution in [0.5, 0.6) is 0 Å². The van der Waals surface area contributed by atoms with Gasteiger partial charge in [0.1, 0.15) is 6.17 Å². The van der Waals surface area contributed by atoms with E-state index in [-0.39, 0.29) is 6.17 Å². The molecule has 1 unspecified atom stereocenters. The van der Waals surface area contributed by atoms with E-state index in [1.54, 1.807) is 0 Å². The third kappa shape index (κ3) is 5.53. The molecule has 0 amide bonds. The number of benzene rings is 6. The minimum atomic E-state index is 0.211. The Hall–Kier alpha value is -6.07. The van der Waals surface area contributed by atoms with Gasteiger partial charge in [0.15, 0.2) is 17.5 Å². The summed E-state index contributed by atoms with van der Waals surface area (Å²) in [5.74, 6) is 1.97. The Morgan fingerprint density at radius 3 is 1.43 bits per heavy atom. The molecule has 1 N–H and O–H groups in total. The molecule has 7 aromatic rings. The standard InChI is InChI=1S/C42H33N5/c1-2-39-43-36-18-10-12-20-38(36)47(39)37-19-11-9-17-35(37)31-25-21-29(22-26-31)30-23-27-34(28-24-30)42-45-40(32-13-5-3-6-14-32)44-41(46-42)33-15-7-4-8-16-33/h3-28,39,43H,2H2,1H3. The smallest absolute Gasteiger partial charge is 0.164 e. The Balaban J connectivity index is 1.10. The van der Waals surface area contributed by atoms with E-state index < -0.39 is 0 Å². The second kappa shape index (κ2) is 12.4. The molecule has 8 rings (SSSR count). The molecule has 0 aliphatic carbocycles. The lowest BCUT2D eigenvalue weighted by Gasteiger charge is -2.28. The van der Waals surface area contributed by atoms with Gasteiger partial charge in [0, 0.05) is 22.3 Å². The molecule has 6 aromatic carbocycles. The van der Waals surface area contributed by atoms with Crippen LogP contribution >= 0.6 is 0 Å². The fraction of sp³-hybridized carbons (Fsp3) is 0.0714. The second-order valence-corrected chi connectivity index (χ2v) is 11.7. The Kier molecular flexibility index (Phi) is 7.48. The van der Waals surface area contributed by atoms with E-state index in [1.165, 1.54) is 28.2 Å². The molecule has 1 aliphatic rings. The van der Waals surface area contributed by atoms with E-state index in [1.807, 2.05) is 60.7 Å². The fourth-order valence-electron chi connectivity index (χ4n) is 6.32. The van der Waals surface area contributed by atoms with Crippen molar-refractivity contribution < 1.29 is 0 Å². The quantitative estimate of drug-likeness (QED) is 0.195. The third-order valence-electron chi connectivity index (χ3n) is 8.72. The van der Waals surface area contributed by atoms with Crippen molar-refractivity contribution in [2.24, 2.45) is 0 Å². The molecular weight excluding hydrogens is 574 g/mol. The molecule has 0 bridgehead atoms. The molecule has 5 heteroatoms. The summed E-state index contributed by atoms with van der Waals surface area (Å²) in [6.07, 6.45) is 1.20. The van der Waals surface area contributed by atoms with E-state index in [9.17, 15) is 0 Å². The number of nitrogens with one attached hydrogen (secondary N) is 1. The van der Waals surface area contributed by atoms with Gasteiger partial charge in [-0.25, -0.2) is 15.0 Å². The van der Waals surface area contributed by atoms with E-state index in [2.05, 4.69) is 114 Å². The fourth-order valence-corrected chi connectivity index (χ4v) is 6.32. The maximum Gasteiger partial charge on any atom is 0.164 e. The minimum Gasteiger partial charge on any atom is -0.363 e. The predicted octanol–water partition coefficient (Wildman–Crippen LogP) is 10.5. The molecule has 5 nitrogen and oxygen atoms in total. The molecule has 1 atom stereocenters.